The Hall–Kier alpha value is -4.01. The number of hydrogen-bond acceptors (Lipinski definition) is 10. The molecule has 5 rings (SSSR count). The molecule has 0 spiro atoms. The van der Waals surface area contributed by atoms with Gasteiger partial charge in [0.1, 0.15) is 23.0 Å². The number of likely N-dealkylation sites (N-methyl/N-ethyl adjacent to an activating group) is 1. The number of pyridine rings is 2. The van der Waals surface area contributed by atoms with Gasteiger partial charge in [-0.15, -0.1) is 0 Å². The molecule has 0 bridgehead atoms. The molecule has 1 aliphatic heterocycles. The second-order valence-electron chi connectivity index (χ2n) is 11.4. The van der Waals surface area contributed by atoms with Crippen molar-refractivity contribution in [1.82, 2.24) is 24.8 Å². The number of halogens is 5. The van der Waals surface area contributed by atoms with Crippen LogP contribution in [0.1, 0.15) is 29.7 Å². The van der Waals surface area contributed by atoms with E-state index in [4.69, 9.17) is 32.8 Å². The van der Waals surface area contributed by atoms with E-state index in [9.17, 15) is 13.2 Å². The van der Waals surface area contributed by atoms with Gasteiger partial charge in [0.05, 0.1) is 40.0 Å². The molecule has 0 aliphatic carbocycles. The Morgan fingerprint density at radius 3 is 2.42 bits per heavy atom. The summed E-state index contributed by atoms with van der Waals surface area (Å²) < 4.78 is 65.3. The number of aryl methyl sites for hydroxylation is 1. The van der Waals surface area contributed by atoms with Crippen molar-refractivity contribution >= 4 is 45.9 Å². The topological polar surface area (TPSA) is 123 Å². The van der Waals surface area contributed by atoms with Crippen LogP contribution < -0.4 is 21.3 Å². The van der Waals surface area contributed by atoms with Crippen LogP contribution in [-0.4, -0.2) is 78.3 Å². The fourth-order valence-electron chi connectivity index (χ4n) is 5.86. The SMILES string of the molecule is COC1CN(c2nc(N(C)[C@H](C)c3cccnc3N)c3cc(Cl)c(-c4nc(N)cc(C)c4C(F)(F)F)c(F)c3n2)CC1N(C)C. The minimum Gasteiger partial charge on any atom is -0.384 e. The van der Waals surface area contributed by atoms with Gasteiger partial charge in [-0.2, -0.15) is 18.2 Å². The third kappa shape index (κ3) is 5.89. The lowest BCUT2D eigenvalue weighted by atomic mass is 9.98. The van der Waals surface area contributed by atoms with Crippen LogP contribution in [-0.2, 0) is 10.9 Å². The molecule has 240 valence electrons. The van der Waals surface area contributed by atoms with Gasteiger partial charge >= 0.3 is 6.18 Å². The summed E-state index contributed by atoms with van der Waals surface area (Å²) in [5.74, 6) is -0.537. The van der Waals surface area contributed by atoms with Gasteiger partial charge < -0.3 is 30.9 Å². The number of benzene rings is 1. The highest BCUT2D eigenvalue weighted by Crippen LogP contribution is 2.45. The molecule has 10 nitrogen and oxygen atoms in total. The molecule has 15 heteroatoms. The molecular weight excluding hydrogens is 614 g/mol. The molecular formula is C30H34ClF4N9O. The molecule has 3 atom stereocenters. The van der Waals surface area contributed by atoms with Gasteiger partial charge in [0, 0.05) is 44.4 Å². The van der Waals surface area contributed by atoms with Gasteiger partial charge in [0.25, 0.3) is 0 Å². The van der Waals surface area contributed by atoms with Crippen LogP contribution >= 0.6 is 11.6 Å². The molecule has 0 saturated carbocycles. The molecule has 1 aliphatic rings. The van der Waals surface area contributed by atoms with Crippen molar-refractivity contribution in [1.29, 1.82) is 0 Å². The zero-order valence-electron chi connectivity index (χ0n) is 25.6. The number of fused-ring (bicyclic) bond motifs is 1. The normalized spacial score (nSPS) is 17.8. The number of nitrogens with two attached hydrogens (primary N) is 2. The van der Waals surface area contributed by atoms with Gasteiger partial charge in [-0.3, -0.25) is 0 Å². The maximum Gasteiger partial charge on any atom is 0.418 e. The molecule has 1 aromatic carbocycles. The second-order valence-corrected chi connectivity index (χ2v) is 11.8. The van der Waals surface area contributed by atoms with Crippen LogP contribution in [0.3, 0.4) is 0 Å². The van der Waals surface area contributed by atoms with E-state index in [1.54, 1.807) is 31.3 Å². The van der Waals surface area contributed by atoms with Crippen molar-refractivity contribution in [2.24, 2.45) is 0 Å². The summed E-state index contributed by atoms with van der Waals surface area (Å²) in [7, 11) is 7.20. The largest absolute Gasteiger partial charge is 0.418 e. The number of nitrogen functional groups attached to an aromatic ring is 2. The Morgan fingerprint density at radius 1 is 1.11 bits per heavy atom. The van der Waals surface area contributed by atoms with E-state index >= 15 is 4.39 Å². The first-order valence-electron chi connectivity index (χ1n) is 14.1. The fraction of sp³-hybridized carbons (Fsp3) is 0.400. The van der Waals surface area contributed by atoms with E-state index < -0.39 is 34.9 Å². The first-order valence-corrected chi connectivity index (χ1v) is 14.4. The van der Waals surface area contributed by atoms with Crippen LogP contribution in [0.4, 0.5) is 41.0 Å². The number of rotatable bonds is 7. The number of ether oxygens (including phenoxy) is 1. The predicted octanol–water partition coefficient (Wildman–Crippen LogP) is 5.33. The lowest BCUT2D eigenvalue weighted by Gasteiger charge is -2.29. The second kappa shape index (κ2) is 12.1. The summed E-state index contributed by atoms with van der Waals surface area (Å²) in [6.07, 6.45) is -3.49. The van der Waals surface area contributed by atoms with E-state index in [0.29, 0.717) is 24.5 Å². The third-order valence-electron chi connectivity index (χ3n) is 8.33. The summed E-state index contributed by atoms with van der Waals surface area (Å²) in [5, 5.41) is -0.126. The van der Waals surface area contributed by atoms with Gasteiger partial charge in [-0.05, 0) is 51.7 Å². The number of hydrogen-bond donors (Lipinski definition) is 2. The van der Waals surface area contributed by atoms with E-state index in [2.05, 4.69) is 15.0 Å². The molecule has 0 amide bonds. The number of alkyl halides is 3. The molecule has 4 N–H and O–H groups in total. The smallest absolute Gasteiger partial charge is 0.384 e. The first kappa shape index (κ1) is 32.4. The maximum atomic E-state index is 16.8. The van der Waals surface area contributed by atoms with Crippen molar-refractivity contribution in [3.8, 4) is 11.3 Å². The Kier molecular flexibility index (Phi) is 8.68. The molecule has 1 fully saturated rings. The number of nitrogens with zero attached hydrogens (tertiary/aromatic N) is 7. The monoisotopic (exact) mass is 647 g/mol. The molecule has 4 aromatic rings. The van der Waals surface area contributed by atoms with E-state index in [-0.39, 0.29) is 51.2 Å². The van der Waals surface area contributed by atoms with Crippen LogP contribution in [0.15, 0.2) is 30.5 Å². The van der Waals surface area contributed by atoms with Crippen molar-refractivity contribution < 1.29 is 22.3 Å². The van der Waals surface area contributed by atoms with Crippen molar-refractivity contribution in [2.75, 3.05) is 62.6 Å². The Morgan fingerprint density at radius 2 is 1.82 bits per heavy atom. The van der Waals surface area contributed by atoms with E-state index in [1.807, 2.05) is 36.9 Å². The zero-order valence-corrected chi connectivity index (χ0v) is 26.4. The van der Waals surface area contributed by atoms with Crippen molar-refractivity contribution in [2.45, 2.75) is 38.2 Å². The fourth-order valence-corrected chi connectivity index (χ4v) is 6.14. The van der Waals surface area contributed by atoms with Gasteiger partial charge in [0.15, 0.2) is 5.82 Å². The highest BCUT2D eigenvalue weighted by molar-refractivity contribution is 6.34. The number of methoxy groups -OCH3 is 1. The lowest BCUT2D eigenvalue weighted by molar-refractivity contribution is -0.137. The van der Waals surface area contributed by atoms with Gasteiger partial charge in [-0.1, -0.05) is 17.7 Å². The van der Waals surface area contributed by atoms with Crippen molar-refractivity contribution in [3.05, 3.63) is 58.0 Å². The van der Waals surface area contributed by atoms with Crippen LogP contribution in [0.2, 0.25) is 5.02 Å². The average Bonchev–Trinajstić information content (AvgIpc) is 3.40. The van der Waals surface area contributed by atoms with Gasteiger partial charge in [-0.25, -0.2) is 19.3 Å². The maximum absolute atomic E-state index is 16.8. The summed E-state index contributed by atoms with van der Waals surface area (Å²) in [6, 6.07) is 5.58. The van der Waals surface area contributed by atoms with E-state index in [1.165, 1.54) is 13.0 Å². The Balaban J connectivity index is 1.78. The first-order chi connectivity index (χ1) is 21.1. The minimum atomic E-state index is -4.86. The summed E-state index contributed by atoms with van der Waals surface area (Å²) in [5.41, 5.74) is 9.84. The molecule has 2 unspecified atom stereocenters. The van der Waals surface area contributed by atoms with Crippen LogP contribution in [0.25, 0.3) is 22.2 Å². The standard InChI is InChI=1S/C30H34ClF4N9O/c1-14-10-21(36)39-26(23(14)30(33,34)35)22-18(31)11-17-25(24(22)32)40-29(44-12-19(42(3)4)20(13-44)45-6)41-28(17)43(5)15(2)16-8-7-9-38-27(16)37/h7-11,15,19-20H,12-13H2,1-6H3,(H2,36,39)(H2,37,38)/t15-,19?,20?/m1/s1. The van der Waals surface area contributed by atoms with Gasteiger partial charge in [0.2, 0.25) is 5.95 Å². The van der Waals surface area contributed by atoms with Crippen LogP contribution in [0, 0.1) is 12.7 Å². The Bertz CT molecular complexity index is 1750. The zero-order chi connectivity index (χ0) is 33.0. The lowest BCUT2D eigenvalue weighted by Crippen LogP contribution is -2.39. The highest BCUT2D eigenvalue weighted by atomic mass is 35.5. The predicted molar refractivity (Wildman–Crippen MR) is 168 cm³/mol. The number of anilines is 4. The average molecular weight is 648 g/mol. The minimum absolute atomic E-state index is 0.0240. The van der Waals surface area contributed by atoms with E-state index in [0.717, 1.165) is 6.07 Å². The van der Waals surface area contributed by atoms with Crippen LogP contribution in [0.5, 0.6) is 0 Å². The summed E-state index contributed by atoms with van der Waals surface area (Å²) in [6.45, 7) is 3.97. The molecule has 1 saturated heterocycles. The molecule has 45 heavy (non-hydrogen) atoms. The highest BCUT2D eigenvalue weighted by Gasteiger charge is 2.39. The Labute approximate surface area is 263 Å². The number of aromatic nitrogens is 4. The van der Waals surface area contributed by atoms with Crippen molar-refractivity contribution in [3.63, 3.8) is 0 Å². The summed E-state index contributed by atoms with van der Waals surface area (Å²) in [4.78, 5) is 23.2. The quantitative estimate of drug-likeness (QED) is 0.254. The molecule has 4 heterocycles. The summed E-state index contributed by atoms with van der Waals surface area (Å²) >= 11 is 6.60. The third-order valence-corrected chi connectivity index (χ3v) is 8.63. The molecule has 0 radical (unpaired) electrons. The molecule has 3 aromatic heterocycles.